The molecule has 0 heterocycles. The molecule has 0 radical (unpaired) electrons. The zero-order chi connectivity index (χ0) is 15.5. The van der Waals surface area contributed by atoms with Crippen molar-refractivity contribution in [3.63, 3.8) is 0 Å². The van der Waals surface area contributed by atoms with Crippen LogP contribution in [0.4, 0.5) is 4.39 Å². The van der Waals surface area contributed by atoms with Crippen LogP contribution in [0.2, 0.25) is 0 Å². The zero-order valence-electron chi connectivity index (χ0n) is 11.8. The highest BCUT2D eigenvalue weighted by Crippen LogP contribution is 2.33. The van der Waals surface area contributed by atoms with Crippen LogP contribution in [0, 0.1) is 12.7 Å². The highest BCUT2D eigenvalue weighted by molar-refractivity contribution is 9.10. The fourth-order valence-corrected chi connectivity index (χ4v) is 3.03. The summed E-state index contributed by atoms with van der Waals surface area (Å²) in [5.74, 6) is -0.331. The Bertz CT molecular complexity index is 624. The molecule has 0 aliphatic heterocycles. The van der Waals surface area contributed by atoms with Gasteiger partial charge in [-0.05, 0) is 48.2 Å². The normalized spacial score (nSPS) is 11.7. The average Bonchev–Trinajstić information content (AvgIpc) is 2.49. The molecule has 0 fully saturated rings. The van der Waals surface area contributed by atoms with Gasteiger partial charge in [-0.25, -0.2) is 4.39 Å². The first-order valence-electron chi connectivity index (χ1n) is 6.74. The monoisotopic (exact) mass is 352 g/mol. The van der Waals surface area contributed by atoms with E-state index in [1.807, 2.05) is 31.2 Å². The van der Waals surface area contributed by atoms with E-state index in [9.17, 15) is 14.6 Å². The average molecular weight is 353 g/mol. The lowest BCUT2D eigenvalue weighted by molar-refractivity contribution is 0.115. The van der Waals surface area contributed by atoms with E-state index >= 15 is 0 Å². The quantitative estimate of drug-likeness (QED) is 0.866. The third kappa shape index (κ3) is 3.34. The highest BCUT2D eigenvalue weighted by Gasteiger charge is 2.33. The third-order valence-corrected chi connectivity index (χ3v) is 4.63. The molecule has 2 aromatic rings. The van der Waals surface area contributed by atoms with E-state index in [4.69, 9.17) is 0 Å². The van der Waals surface area contributed by atoms with Crippen molar-refractivity contribution < 1.29 is 14.6 Å². The van der Waals surface area contributed by atoms with Crippen LogP contribution in [-0.2, 0) is 11.8 Å². The molecule has 0 bridgehead atoms. The minimum atomic E-state index is -0.832. The molecular weight excluding hydrogens is 335 g/mol. The van der Waals surface area contributed by atoms with Crippen LogP contribution in [0.25, 0.3) is 0 Å². The topological polar surface area (TPSA) is 40.5 Å². The highest BCUT2D eigenvalue weighted by atomic mass is 79.9. The van der Waals surface area contributed by atoms with Crippen molar-refractivity contribution in [1.82, 2.24) is 0 Å². The molecule has 0 aliphatic carbocycles. The van der Waals surface area contributed by atoms with Gasteiger partial charge in [0.05, 0.1) is 13.2 Å². The van der Waals surface area contributed by atoms with Gasteiger partial charge in [-0.1, -0.05) is 40.2 Å². The van der Waals surface area contributed by atoms with E-state index in [1.165, 1.54) is 12.1 Å². The Hall–Kier alpha value is -1.23. The molecule has 0 saturated carbocycles. The van der Waals surface area contributed by atoms with Crippen molar-refractivity contribution in [3.05, 3.63) is 69.4 Å². The smallest absolute Gasteiger partial charge is 0.123 e. The number of hydrogen-bond donors (Lipinski definition) is 2. The van der Waals surface area contributed by atoms with E-state index in [2.05, 4.69) is 15.9 Å². The van der Waals surface area contributed by atoms with E-state index in [0.29, 0.717) is 6.42 Å². The minimum Gasteiger partial charge on any atom is -0.395 e. The summed E-state index contributed by atoms with van der Waals surface area (Å²) in [6, 6.07) is 12.1. The van der Waals surface area contributed by atoms with Gasteiger partial charge in [0.1, 0.15) is 5.82 Å². The van der Waals surface area contributed by atoms with Crippen molar-refractivity contribution in [2.45, 2.75) is 18.8 Å². The summed E-state index contributed by atoms with van der Waals surface area (Å²) in [6.07, 6.45) is 0.350. The van der Waals surface area contributed by atoms with Crippen LogP contribution >= 0.6 is 15.9 Å². The fraction of sp³-hybridized carbons (Fsp3) is 0.294. The number of aliphatic hydroxyl groups excluding tert-OH is 2. The van der Waals surface area contributed by atoms with Crippen LogP contribution in [0.3, 0.4) is 0 Å². The van der Waals surface area contributed by atoms with E-state index in [-0.39, 0.29) is 19.0 Å². The lowest BCUT2D eigenvalue weighted by atomic mass is 9.75. The molecule has 2 rings (SSSR count). The number of aliphatic hydroxyl groups is 2. The largest absolute Gasteiger partial charge is 0.395 e. The molecule has 0 atom stereocenters. The van der Waals surface area contributed by atoms with Gasteiger partial charge in [0.15, 0.2) is 0 Å². The molecule has 2 N–H and O–H groups in total. The van der Waals surface area contributed by atoms with Crippen LogP contribution in [0.1, 0.15) is 16.7 Å². The standard InChI is InChI=1S/C17H18BrFO2/c1-12-4-2-3-5-15(12)17(10-20,11-21)9-13-8-14(19)6-7-16(13)18/h2-8,20-21H,9-11H2,1H3. The molecule has 0 unspecified atom stereocenters. The summed E-state index contributed by atoms with van der Waals surface area (Å²) in [4.78, 5) is 0. The molecular formula is C17H18BrFO2. The van der Waals surface area contributed by atoms with Gasteiger partial charge in [0.25, 0.3) is 0 Å². The number of rotatable bonds is 5. The minimum absolute atomic E-state index is 0.211. The molecule has 0 spiro atoms. The number of hydrogen-bond acceptors (Lipinski definition) is 2. The van der Waals surface area contributed by atoms with Gasteiger partial charge in [-0.3, -0.25) is 0 Å². The van der Waals surface area contributed by atoms with Gasteiger partial charge < -0.3 is 10.2 Å². The van der Waals surface area contributed by atoms with Crippen molar-refractivity contribution >= 4 is 15.9 Å². The van der Waals surface area contributed by atoms with Crippen LogP contribution in [0.5, 0.6) is 0 Å². The Balaban J connectivity index is 2.48. The molecule has 0 saturated heterocycles. The molecule has 0 aliphatic rings. The molecule has 112 valence electrons. The van der Waals surface area contributed by atoms with Crippen molar-refractivity contribution in [2.24, 2.45) is 0 Å². The Morgan fingerprint density at radius 1 is 1.10 bits per heavy atom. The predicted molar refractivity (Wildman–Crippen MR) is 84.8 cm³/mol. The molecule has 2 nitrogen and oxygen atoms in total. The Kier molecular flexibility index (Phi) is 5.14. The van der Waals surface area contributed by atoms with Crippen LogP contribution < -0.4 is 0 Å². The second-order valence-corrected chi connectivity index (χ2v) is 6.18. The third-order valence-electron chi connectivity index (χ3n) is 3.86. The van der Waals surface area contributed by atoms with Crippen molar-refractivity contribution in [2.75, 3.05) is 13.2 Å². The molecule has 0 aromatic heterocycles. The van der Waals surface area contributed by atoms with E-state index < -0.39 is 5.41 Å². The summed E-state index contributed by atoms with van der Waals surface area (Å²) >= 11 is 3.40. The van der Waals surface area contributed by atoms with Crippen LogP contribution in [-0.4, -0.2) is 23.4 Å². The van der Waals surface area contributed by atoms with E-state index in [1.54, 1.807) is 6.07 Å². The molecule has 21 heavy (non-hydrogen) atoms. The SMILES string of the molecule is Cc1ccccc1C(CO)(CO)Cc1cc(F)ccc1Br. The molecule has 2 aromatic carbocycles. The van der Waals surface area contributed by atoms with Gasteiger partial charge in [0, 0.05) is 9.89 Å². The van der Waals surface area contributed by atoms with E-state index in [0.717, 1.165) is 21.2 Å². The van der Waals surface area contributed by atoms with Crippen molar-refractivity contribution in [3.8, 4) is 0 Å². The second-order valence-electron chi connectivity index (χ2n) is 5.32. The second kappa shape index (κ2) is 6.69. The lowest BCUT2D eigenvalue weighted by Crippen LogP contribution is -2.38. The predicted octanol–water partition coefficient (Wildman–Crippen LogP) is 3.36. The number of benzene rings is 2. The molecule has 4 heteroatoms. The van der Waals surface area contributed by atoms with Gasteiger partial charge in [0.2, 0.25) is 0 Å². The summed E-state index contributed by atoms with van der Waals surface area (Å²) in [7, 11) is 0. The summed E-state index contributed by atoms with van der Waals surface area (Å²) in [5, 5.41) is 19.8. The first-order valence-corrected chi connectivity index (χ1v) is 7.53. The zero-order valence-corrected chi connectivity index (χ0v) is 13.4. The summed E-state index contributed by atoms with van der Waals surface area (Å²) in [6.45, 7) is 1.52. The molecule has 0 amide bonds. The summed E-state index contributed by atoms with van der Waals surface area (Å²) in [5.41, 5.74) is 1.77. The Labute approximate surface area is 132 Å². The number of halogens is 2. The number of aryl methyl sites for hydroxylation is 1. The van der Waals surface area contributed by atoms with Gasteiger partial charge in [-0.15, -0.1) is 0 Å². The first-order chi connectivity index (χ1) is 10.0. The van der Waals surface area contributed by atoms with Crippen LogP contribution in [0.15, 0.2) is 46.9 Å². The van der Waals surface area contributed by atoms with Crippen molar-refractivity contribution in [1.29, 1.82) is 0 Å². The Morgan fingerprint density at radius 3 is 2.38 bits per heavy atom. The first kappa shape index (κ1) is 16.1. The summed E-state index contributed by atoms with van der Waals surface area (Å²) < 4.78 is 14.2. The maximum atomic E-state index is 13.5. The van der Waals surface area contributed by atoms with Gasteiger partial charge >= 0.3 is 0 Å². The Morgan fingerprint density at radius 2 is 1.76 bits per heavy atom. The fourth-order valence-electron chi connectivity index (χ4n) is 2.64. The van der Waals surface area contributed by atoms with Gasteiger partial charge in [-0.2, -0.15) is 0 Å². The maximum absolute atomic E-state index is 13.5. The lowest BCUT2D eigenvalue weighted by Gasteiger charge is -2.32. The maximum Gasteiger partial charge on any atom is 0.123 e.